The van der Waals surface area contributed by atoms with Gasteiger partial charge in [0, 0.05) is 9.75 Å². The summed E-state index contributed by atoms with van der Waals surface area (Å²) in [6.45, 7) is 5.91. The lowest BCUT2D eigenvalue weighted by molar-refractivity contribution is -0.120. The van der Waals surface area contributed by atoms with Crippen molar-refractivity contribution in [1.82, 2.24) is 10.6 Å². The van der Waals surface area contributed by atoms with E-state index in [4.69, 9.17) is 4.42 Å². The highest BCUT2D eigenvalue weighted by atomic mass is 79.9. The molecule has 2 aromatic heterocycles. The normalized spacial score (nSPS) is 12.0. The van der Waals surface area contributed by atoms with Crippen LogP contribution in [0.5, 0.6) is 0 Å². The number of amides is 2. The van der Waals surface area contributed by atoms with Gasteiger partial charge in [0.2, 0.25) is 5.91 Å². The predicted molar refractivity (Wildman–Crippen MR) is 89.1 cm³/mol. The highest BCUT2D eigenvalue weighted by Crippen LogP contribution is 2.25. The molecule has 0 saturated heterocycles. The van der Waals surface area contributed by atoms with E-state index in [0.29, 0.717) is 4.67 Å². The zero-order valence-corrected chi connectivity index (χ0v) is 14.9. The Kier molecular flexibility index (Phi) is 5.42. The van der Waals surface area contributed by atoms with Gasteiger partial charge in [-0.1, -0.05) is 0 Å². The van der Waals surface area contributed by atoms with Crippen molar-refractivity contribution in [2.75, 3.05) is 6.54 Å². The number of nitrogens with one attached hydrogen (secondary N) is 2. The molecule has 0 aliphatic rings. The maximum atomic E-state index is 11.9. The van der Waals surface area contributed by atoms with Gasteiger partial charge in [0.15, 0.2) is 10.4 Å². The SMILES string of the molecule is Cc1cc([C@@H](C)NC(=O)CNC(=O)c2ccc(Br)o2)c(C)s1. The van der Waals surface area contributed by atoms with Gasteiger partial charge in [0.05, 0.1) is 12.6 Å². The second-order valence-corrected chi connectivity index (χ2v) is 7.19. The zero-order valence-electron chi connectivity index (χ0n) is 12.5. The van der Waals surface area contributed by atoms with Crippen molar-refractivity contribution >= 4 is 39.1 Å². The number of carbonyl (C=O) groups excluding carboxylic acids is 2. The second-order valence-electron chi connectivity index (χ2n) is 4.94. The van der Waals surface area contributed by atoms with Crippen LogP contribution in [0, 0.1) is 13.8 Å². The first-order chi connectivity index (χ1) is 10.4. The van der Waals surface area contributed by atoms with E-state index in [0.717, 1.165) is 5.56 Å². The zero-order chi connectivity index (χ0) is 16.3. The first kappa shape index (κ1) is 16.8. The van der Waals surface area contributed by atoms with Crippen molar-refractivity contribution in [2.45, 2.75) is 26.8 Å². The summed E-state index contributed by atoms with van der Waals surface area (Å²) < 4.78 is 5.59. The number of rotatable bonds is 5. The fourth-order valence-electron chi connectivity index (χ4n) is 2.13. The fourth-order valence-corrected chi connectivity index (χ4v) is 3.46. The molecule has 0 aliphatic carbocycles. The molecular weight excluding hydrogens is 368 g/mol. The number of hydrogen-bond donors (Lipinski definition) is 2. The first-order valence-corrected chi connectivity index (χ1v) is 8.37. The molecule has 0 unspecified atom stereocenters. The van der Waals surface area contributed by atoms with E-state index in [9.17, 15) is 9.59 Å². The van der Waals surface area contributed by atoms with Gasteiger partial charge in [-0.2, -0.15) is 0 Å². The minimum atomic E-state index is -0.420. The molecule has 2 aromatic rings. The van der Waals surface area contributed by atoms with E-state index in [1.54, 1.807) is 17.4 Å². The maximum Gasteiger partial charge on any atom is 0.287 e. The van der Waals surface area contributed by atoms with Crippen LogP contribution in [0.4, 0.5) is 0 Å². The minimum absolute atomic E-state index is 0.0906. The van der Waals surface area contributed by atoms with E-state index in [1.165, 1.54) is 15.8 Å². The van der Waals surface area contributed by atoms with E-state index in [-0.39, 0.29) is 24.3 Å². The highest BCUT2D eigenvalue weighted by molar-refractivity contribution is 9.10. The van der Waals surface area contributed by atoms with Crippen molar-refractivity contribution in [3.8, 4) is 0 Å². The molecule has 0 aromatic carbocycles. The second kappa shape index (κ2) is 7.11. The Morgan fingerprint density at radius 1 is 1.36 bits per heavy atom. The molecule has 2 heterocycles. The molecule has 0 spiro atoms. The van der Waals surface area contributed by atoms with Crippen molar-refractivity contribution in [3.63, 3.8) is 0 Å². The maximum absolute atomic E-state index is 11.9. The lowest BCUT2D eigenvalue weighted by atomic mass is 10.1. The quantitative estimate of drug-likeness (QED) is 0.830. The summed E-state index contributed by atoms with van der Waals surface area (Å²) in [6, 6.07) is 5.15. The molecule has 0 fully saturated rings. The summed E-state index contributed by atoms with van der Waals surface area (Å²) in [4.78, 5) is 26.1. The van der Waals surface area contributed by atoms with Gasteiger partial charge in [-0.3, -0.25) is 9.59 Å². The average Bonchev–Trinajstić information content (AvgIpc) is 3.01. The molecule has 7 heteroatoms. The molecule has 22 heavy (non-hydrogen) atoms. The number of halogens is 1. The van der Waals surface area contributed by atoms with Crippen LogP contribution in [0.15, 0.2) is 27.3 Å². The first-order valence-electron chi connectivity index (χ1n) is 6.76. The third-order valence-electron chi connectivity index (χ3n) is 3.13. The van der Waals surface area contributed by atoms with Gasteiger partial charge < -0.3 is 15.1 Å². The number of hydrogen-bond acceptors (Lipinski definition) is 4. The van der Waals surface area contributed by atoms with Crippen LogP contribution in [0.2, 0.25) is 0 Å². The largest absolute Gasteiger partial charge is 0.444 e. The predicted octanol–water partition coefficient (Wildman–Crippen LogP) is 3.33. The summed E-state index contributed by atoms with van der Waals surface area (Å²) >= 11 is 4.83. The molecule has 118 valence electrons. The molecule has 2 rings (SSSR count). The topological polar surface area (TPSA) is 71.3 Å². The van der Waals surface area contributed by atoms with Crippen LogP contribution in [-0.2, 0) is 4.79 Å². The minimum Gasteiger partial charge on any atom is -0.444 e. The molecule has 0 bridgehead atoms. The van der Waals surface area contributed by atoms with Crippen molar-refractivity contribution in [2.24, 2.45) is 0 Å². The summed E-state index contributed by atoms with van der Waals surface area (Å²) in [5.41, 5.74) is 1.11. The standard InChI is InChI=1S/C15H17BrN2O3S/c1-8-6-11(10(3)22-8)9(2)18-14(19)7-17-15(20)12-4-5-13(16)21-12/h4-6,9H,7H2,1-3H3,(H,17,20)(H,18,19)/t9-/m1/s1. The number of aryl methyl sites for hydroxylation is 2. The Bertz CT molecular complexity index is 693. The van der Waals surface area contributed by atoms with Gasteiger partial charge in [-0.05, 0) is 60.5 Å². The van der Waals surface area contributed by atoms with E-state index < -0.39 is 5.91 Å². The molecule has 0 saturated carbocycles. The molecule has 2 N–H and O–H groups in total. The van der Waals surface area contributed by atoms with E-state index in [1.807, 2.05) is 20.8 Å². The van der Waals surface area contributed by atoms with Crippen LogP contribution < -0.4 is 10.6 Å². The Morgan fingerprint density at radius 3 is 2.64 bits per heavy atom. The van der Waals surface area contributed by atoms with Crippen molar-refractivity contribution in [3.05, 3.63) is 43.9 Å². The van der Waals surface area contributed by atoms with Crippen molar-refractivity contribution < 1.29 is 14.0 Å². The number of thiophene rings is 1. The highest BCUT2D eigenvalue weighted by Gasteiger charge is 2.15. The smallest absolute Gasteiger partial charge is 0.287 e. The molecule has 5 nitrogen and oxygen atoms in total. The molecular formula is C15H17BrN2O3S. The molecule has 1 atom stereocenters. The Balaban J connectivity index is 1.85. The fraction of sp³-hybridized carbons (Fsp3) is 0.333. The van der Waals surface area contributed by atoms with Gasteiger partial charge in [-0.15, -0.1) is 11.3 Å². The number of furan rings is 1. The number of carbonyl (C=O) groups is 2. The van der Waals surface area contributed by atoms with E-state index >= 15 is 0 Å². The van der Waals surface area contributed by atoms with Crippen LogP contribution in [0.3, 0.4) is 0 Å². The van der Waals surface area contributed by atoms with Crippen LogP contribution in [-0.4, -0.2) is 18.4 Å². The van der Waals surface area contributed by atoms with Crippen LogP contribution in [0.25, 0.3) is 0 Å². The molecule has 0 aliphatic heterocycles. The summed E-state index contributed by atoms with van der Waals surface area (Å²) in [5, 5.41) is 5.40. The lowest BCUT2D eigenvalue weighted by Gasteiger charge is -2.14. The third-order valence-corrected chi connectivity index (χ3v) is 4.54. The summed E-state index contributed by atoms with van der Waals surface area (Å²) in [6.07, 6.45) is 0. The van der Waals surface area contributed by atoms with E-state index in [2.05, 4.69) is 32.6 Å². The average molecular weight is 385 g/mol. The molecule has 0 radical (unpaired) electrons. The van der Waals surface area contributed by atoms with Crippen LogP contribution >= 0.6 is 27.3 Å². The lowest BCUT2D eigenvalue weighted by Crippen LogP contribution is -2.37. The van der Waals surface area contributed by atoms with Crippen molar-refractivity contribution in [1.29, 1.82) is 0 Å². The Labute approximate surface area is 141 Å². The Morgan fingerprint density at radius 2 is 2.09 bits per heavy atom. The monoisotopic (exact) mass is 384 g/mol. The van der Waals surface area contributed by atoms with Gasteiger partial charge in [0.25, 0.3) is 5.91 Å². The summed E-state index contributed by atoms with van der Waals surface area (Å²) in [5.74, 6) is -0.497. The summed E-state index contributed by atoms with van der Waals surface area (Å²) in [7, 11) is 0. The van der Waals surface area contributed by atoms with Crippen LogP contribution in [0.1, 0.15) is 38.8 Å². The third kappa shape index (κ3) is 4.20. The molecule has 2 amide bonds. The van der Waals surface area contributed by atoms with Gasteiger partial charge in [-0.25, -0.2) is 0 Å². The van der Waals surface area contributed by atoms with Gasteiger partial charge >= 0.3 is 0 Å². The Hall–Kier alpha value is -1.60. The van der Waals surface area contributed by atoms with Gasteiger partial charge in [0.1, 0.15) is 0 Å².